The van der Waals surface area contributed by atoms with Gasteiger partial charge in [-0.1, -0.05) is 38.1 Å². The van der Waals surface area contributed by atoms with Crippen molar-refractivity contribution in [3.8, 4) is 0 Å². The first-order valence-electron chi connectivity index (χ1n) is 9.43. The van der Waals surface area contributed by atoms with E-state index in [0.29, 0.717) is 44.3 Å². The Morgan fingerprint density at radius 3 is 2.21 bits per heavy atom. The van der Waals surface area contributed by atoms with Gasteiger partial charge in [-0.3, -0.25) is 4.79 Å². The van der Waals surface area contributed by atoms with E-state index in [1.54, 1.807) is 24.3 Å². The largest absolute Gasteiger partial charge is 0.379 e. The molecular formula is C21H26N2O4S. The second-order valence-corrected chi connectivity index (χ2v) is 9.06. The minimum atomic E-state index is -3.50. The van der Waals surface area contributed by atoms with Gasteiger partial charge < -0.3 is 10.1 Å². The van der Waals surface area contributed by atoms with E-state index < -0.39 is 10.0 Å². The molecule has 1 saturated heterocycles. The van der Waals surface area contributed by atoms with Gasteiger partial charge in [-0.05, 0) is 41.3 Å². The van der Waals surface area contributed by atoms with Crippen molar-refractivity contribution in [3.63, 3.8) is 0 Å². The van der Waals surface area contributed by atoms with Crippen LogP contribution in [0.2, 0.25) is 0 Å². The summed E-state index contributed by atoms with van der Waals surface area (Å²) in [5.41, 5.74) is 2.64. The van der Waals surface area contributed by atoms with Crippen LogP contribution < -0.4 is 5.32 Å². The van der Waals surface area contributed by atoms with Crippen LogP contribution in [0.5, 0.6) is 0 Å². The molecule has 1 fully saturated rings. The summed E-state index contributed by atoms with van der Waals surface area (Å²) in [5.74, 6) is 0.268. The van der Waals surface area contributed by atoms with Gasteiger partial charge in [-0.25, -0.2) is 8.42 Å². The number of benzene rings is 2. The van der Waals surface area contributed by atoms with E-state index in [-0.39, 0.29) is 10.8 Å². The van der Waals surface area contributed by atoms with Crippen molar-refractivity contribution < 1.29 is 17.9 Å². The van der Waals surface area contributed by atoms with Crippen molar-refractivity contribution in [2.75, 3.05) is 26.3 Å². The molecule has 0 atom stereocenters. The summed E-state index contributed by atoms with van der Waals surface area (Å²) in [7, 11) is -3.50. The van der Waals surface area contributed by atoms with Gasteiger partial charge >= 0.3 is 0 Å². The highest BCUT2D eigenvalue weighted by molar-refractivity contribution is 7.89. The molecule has 2 aromatic rings. The molecule has 6 nitrogen and oxygen atoms in total. The van der Waals surface area contributed by atoms with Gasteiger partial charge in [0.05, 0.1) is 18.1 Å². The zero-order valence-corrected chi connectivity index (χ0v) is 17.0. The second kappa shape index (κ2) is 8.86. The number of hydrogen-bond donors (Lipinski definition) is 1. The van der Waals surface area contributed by atoms with Crippen LogP contribution in [0.4, 0.5) is 0 Å². The number of morpholine rings is 1. The molecule has 0 saturated carbocycles. The molecule has 0 aromatic heterocycles. The third-order valence-corrected chi connectivity index (χ3v) is 6.74. The highest BCUT2D eigenvalue weighted by Crippen LogP contribution is 2.18. The Morgan fingerprint density at radius 2 is 1.64 bits per heavy atom. The standard InChI is InChI=1S/C21H26N2O4S/c1-16(2)18-5-7-19(8-6-18)21(24)22-15-17-3-9-20(10-4-17)28(25,26)23-11-13-27-14-12-23/h3-10,16H,11-15H2,1-2H3,(H,22,24). The van der Waals surface area contributed by atoms with Crippen LogP contribution in [0.3, 0.4) is 0 Å². The van der Waals surface area contributed by atoms with E-state index in [0.717, 1.165) is 5.56 Å². The number of nitrogens with zero attached hydrogens (tertiary/aromatic N) is 1. The number of carbonyl (C=O) groups excluding carboxylic acids is 1. The number of carbonyl (C=O) groups is 1. The van der Waals surface area contributed by atoms with Crippen molar-refractivity contribution in [1.29, 1.82) is 0 Å². The number of nitrogens with one attached hydrogen (secondary N) is 1. The third kappa shape index (κ3) is 4.79. The first-order chi connectivity index (χ1) is 13.4. The molecule has 0 unspecified atom stereocenters. The maximum Gasteiger partial charge on any atom is 0.251 e. The van der Waals surface area contributed by atoms with Crippen LogP contribution in [-0.2, 0) is 21.3 Å². The van der Waals surface area contributed by atoms with Crippen LogP contribution in [0, 0.1) is 0 Å². The summed E-state index contributed by atoms with van der Waals surface area (Å²) >= 11 is 0. The Kier molecular flexibility index (Phi) is 6.49. The molecule has 1 amide bonds. The van der Waals surface area contributed by atoms with Crippen molar-refractivity contribution in [3.05, 3.63) is 65.2 Å². The summed E-state index contributed by atoms with van der Waals surface area (Å²) in [6.45, 7) is 6.13. The fourth-order valence-corrected chi connectivity index (χ4v) is 4.43. The molecule has 1 N–H and O–H groups in total. The van der Waals surface area contributed by atoms with Crippen LogP contribution >= 0.6 is 0 Å². The monoisotopic (exact) mass is 402 g/mol. The minimum absolute atomic E-state index is 0.152. The molecule has 28 heavy (non-hydrogen) atoms. The van der Waals surface area contributed by atoms with Crippen LogP contribution in [0.15, 0.2) is 53.4 Å². The molecule has 0 bridgehead atoms. The first kappa shape index (κ1) is 20.5. The number of amides is 1. The highest BCUT2D eigenvalue weighted by atomic mass is 32.2. The van der Waals surface area contributed by atoms with Gasteiger partial charge in [0.15, 0.2) is 0 Å². The van der Waals surface area contributed by atoms with E-state index >= 15 is 0 Å². The van der Waals surface area contributed by atoms with Crippen molar-refractivity contribution in [1.82, 2.24) is 9.62 Å². The summed E-state index contributed by atoms with van der Waals surface area (Å²) < 4.78 is 31.9. The first-order valence-corrected chi connectivity index (χ1v) is 10.9. The Bertz CT molecular complexity index is 900. The van der Waals surface area contributed by atoms with Gasteiger partial charge in [0.25, 0.3) is 5.91 Å². The lowest BCUT2D eigenvalue weighted by molar-refractivity contribution is 0.0730. The predicted molar refractivity (Wildman–Crippen MR) is 108 cm³/mol. The second-order valence-electron chi connectivity index (χ2n) is 7.12. The van der Waals surface area contributed by atoms with Crippen LogP contribution in [0.1, 0.15) is 41.3 Å². The third-order valence-electron chi connectivity index (χ3n) is 4.82. The Balaban J connectivity index is 1.60. The topological polar surface area (TPSA) is 75.7 Å². The Morgan fingerprint density at radius 1 is 1.04 bits per heavy atom. The average molecular weight is 403 g/mol. The molecule has 0 aliphatic carbocycles. The Hall–Kier alpha value is -2.22. The number of rotatable bonds is 6. The maximum absolute atomic E-state index is 12.6. The van der Waals surface area contributed by atoms with Crippen molar-refractivity contribution >= 4 is 15.9 Å². The predicted octanol–water partition coefficient (Wildman–Crippen LogP) is 2.76. The van der Waals surface area contributed by atoms with Gasteiger partial charge in [0, 0.05) is 25.2 Å². The van der Waals surface area contributed by atoms with Gasteiger partial charge in [0.2, 0.25) is 10.0 Å². The lowest BCUT2D eigenvalue weighted by Crippen LogP contribution is -2.40. The molecule has 2 aromatic carbocycles. The molecule has 7 heteroatoms. The smallest absolute Gasteiger partial charge is 0.251 e. The fraction of sp³-hybridized carbons (Fsp3) is 0.381. The molecule has 1 heterocycles. The van der Waals surface area contributed by atoms with E-state index in [4.69, 9.17) is 4.74 Å². The molecule has 0 spiro atoms. The molecular weight excluding hydrogens is 376 g/mol. The lowest BCUT2D eigenvalue weighted by atomic mass is 10.0. The number of sulfonamides is 1. The molecule has 150 valence electrons. The normalized spacial score (nSPS) is 15.5. The van der Waals surface area contributed by atoms with Gasteiger partial charge in [-0.15, -0.1) is 0 Å². The van der Waals surface area contributed by atoms with Crippen molar-refractivity contribution in [2.45, 2.75) is 31.2 Å². The number of hydrogen-bond acceptors (Lipinski definition) is 4. The zero-order chi connectivity index (χ0) is 20.1. The summed E-state index contributed by atoms with van der Waals surface area (Å²) in [6.07, 6.45) is 0. The van der Waals surface area contributed by atoms with Gasteiger partial charge in [0.1, 0.15) is 0 Å². The maximum atomic E-state index is 12.6. The molecule has 1 aliphatic heterocycles. The highest BCUT2D eigenvalue weighted by Gasteiger charge is 2.26. The number of ether oxygens (including phenoxy) is 1. The quantitative estimate of drug-likeness (QED) is 0.806. The summed E-state index contributed by atoms with van der Waals surface area (Å²) in [6, 6.07) is 14.2. The van der Waals surface area contributed by atoms with E-state index in [1.807, 2.05) is 24.3 Å². The van der Waals surface area contributed by atoms with E-state index in [2.05, 4.69) is 19.2 Å². The molecule has 3 rings (SSSR count). The lowest BCUT2D eigenvalue weighted by Gasteiger charge is -2.26. The minimum Gasteiger partial charge on any atom is -0.379 e. The van der Waals surface area contributed by atoms with E-state index in [9.17, 15) is 13.2 Å². The summed E-state index contributed by atoms with van der Waals surface area (Å²) in [5, 5.41) is 2.87. The zero-order valence-electron chi connectivity index (χ0n) is 16.2. The molecule has 0 radical (unpaired) electrons. The van der Waals surface area contributed by atoms with E-state index in [1.165, 1.54) is 9.87 Å². The SMILES string of the molecule is CC(C)c1ccc(C(=O)NCc2ccc(S(=O)(=O)N3CCOCC3)cc2)cc1. The van der Waals surface area contributed by atoms with Crippen LogP contribution in [0.25, 0.3) is 0 Å². The molecule has 1 aliphatic rings. The average Bonchev–Trinajstić information content (AvgIpc) is 2.73. The summed E-state index contributed by atoms with van der Waals surface area (Å²) in [4.78, 5) is 12.6. The van der Waals surface area contributed by atoms with Crippen LogP contribution in [-0.4, -0.2) is 44.9 Å². The van der Waals surface area contributed by atoms with Gasteiger partial charge in [-0.2, -0.15) is 4.31 Å². The Labute approximate surface area is 166 Å². The fourth-order valence-electron chi connectivity index (χ4n) is 3.02. The van der Waals surface area contributed by atoms with Crippen molar-refractivity contribution in [2.24, 2.45) is 0 Å².